The molecular formula is C27H27F3N2O4. The van der Waals surface area contributed by atoms with Crippen LogP contribution in [0.25, 0.3) is 0 Å². The quantitative estimate of drug-likeness (QED) is 0.346. The first kappa shape index (κ1) is 25.3. The summed E-state index contributed by atoms with van der Waals surface area (Å²) in [5.41, 5.74) is -0.153. The SMILES string of the molecule is CC(=O)NC(C)c1ccc(OCc2ccc(Oc3cccc(OCC4CC4)c3)cn2)c(C(F)(F)F)c1. The van der Waals surface area contributed by atoms with Crippen molar-refractivity contribution >= 4 is 5.91 Å². The second kappa shape index (κ2) is 10.9. The lowest BCUT2D eigenvalue weighted by atomic mass is 10.0. The Morgan fingerprint density at radius 2 is 1.83 bits per heavy atom. The second-order valence-electron chi connectivity index (χ2n) is 8.78. The van der Waals surface area contributed by atoms with Crippen molar-refractivity contribution in [2.45, 2.75) is 45.5 Å². The maximum Gasteiger partial charge on any atom is 0.419 e. The molecule has 9 heteroatoms. The Morgan fingerprint density at radius 3 is 2.50 bits per heavy atom. The minimum absolute atomic E-state index is 0.158. The molecule has 2 aromatic carbocycles. The normalized spacial score (nSPS) is 14.1. The fourth-order valence-corrected chi connectivity index (χ4v) is 3.52. The third-order valence-electron chi connectivity index (χ3n) is 5.63. The number of nitrogens with one attached hydrogen (secondary N) is 1. The van der Waals surface area contributed by atoms with Crippen LogP contribution in [0.4, 0.5) is 13.2 Å². The molecule has 0 saturated heterocycles. The first-order valence-corrected chi connectivity index (χ1v) is 11.6. The lowest BCUT2D eigenvalue weighted by molar-refractivity contribution is -0.139. The molecule has 0 aliphatic heterocycles. The zero-order valence-electron chi connectivity index (χ0n) is 20.0. The van der Waals surface area contributed by atoms with Crippen molar-refractivity contribution < 1.29 is 32.2 Å². The Hall–Kier alpha value is -3.75. The van der Waals surface area contributed by atoms with E-state index in [1.54, 1.807) is 31.2 Å². The van der Waals surface area contributed by atoms with Crippen LogP contribution in [-0.2, 0) is 17.6 Å². The number of hydrogen-bond acceptors (Lipinski definition) is 5. The minimum atomic E-state index is -4.62. The molecular weight excluding hydrogens is 473 g/mol. The highest BCUT2D eigenvalue weighted by Gasteiger charge is 2.35. The summed E-state index contributed by atoms with van der Waals surface area (Å²) < 4.78 is 58.0. The molecule has 190 valence electrons. The van der Waals surface area contributed by atoms with E-state index in [0.717, 1.165) is 11.8 Å². The van der Waals surface area contributed by atoms with Crippen molar-refractivity contribution in [3.63, 3.8) is 0 Å². The number of nitrogens with zero attached hydrogens (tertiary/aromatic N) is 1. The number of hydrogen-bond donors (Lipinski definition) is 1. The fraction of sp³-hybridized carbons (Fsp3) is 0.333. The number of alkyl halides is 3. The summed E-state index contributed by atoms with van der Waals surface area (Å²) in [4.78, 5) is 15.5. The minimum Gasteiger partial charge on any atom is -0.493 e. The standard InChI is InChI=1S/C27H27F3N2O4/c1-17(32-18(2)33)20-8-11-26(25(12-20)27(28,29)30)35-16-21-9-10-24(14-31-21)36-23-5-3-4-22(13-23)34-15-19-6-7-19/h3-5,8-14,17,19H,6-7,15-16H2,1-2H3,(H,32,33). The highest BCUT2D eigenvalue weighted by molar-refractivity contribution is 5.73. The summed E-state index contributed by atoms with van der Waals surface area (Å²) in [6.45, 7) is 3.47. The molecule has 1 N–H and O–H groups in total. The summed E-state index contributed by atoms with van der Waals surface area (Å²) in [5.74, 6) is 1.81. The van der Waals surface area contributed by atoms with E-state index < -0.39 is 17.8 Å². The molecule has 0 spiro atoms. The van der Waals surface area contributed by atoms with E-state index in [2.05, 4.69) is 10.3 Å². The van der Waals surface area contributed by atoms with Gasteiger partial charge in [-0.1, -0.05) is 12.1 Å². The number of amides is 1. The van der Waals surface area contributed by atoms with Gasteiger partial charge in [-0.05, 0) is 67.6 Å². The highest BCUT2D eigenvalue weighted by atomic mass is 19.4. The highest BCUT2D eigenvalue weighted by Crippen LogP contribution is 2.38. The number of pyridine rings is 1. The molecule has 1 aliphatic carbocycles. The van der Waals surface area contributed by atoms with Gasteiger partial charge >= 0.3 is 6.18 Å². The van der Waals surface area contributed by atoms with E-state index in [9.17, 15) is 18.0 Å². The van der Waals surface area contributed by atoms with Crippen LogP contribution < -0.4 is 19.5 Å². The molecule has 1 aromatic heterocycles. The average Bonchev–Trinajstić information content (AvgIpc) is 3.66. The first-order chi connectivity index (χ1) is 17.2. The monoisotopic (exact) mass is 500 g/mol. The van der Waals surface area contributed by atoms with Gasteiger partial charge in [-0.3, -0.25) is 9.78 Å². The molecule has 4 rings (SSSR count). The van der Waals surface area contributed by atoms with Gasteiger partial charge in [0.15, 0.2) is 0 Å². The van der Waals surface area contributed by atoms with Crippen molar-refractivity contribution in [2.75, 3.05) is 6.61 Å². The first-order valence-electron chi connectivity index (χ1n) is 11.6. The predicted molar refractivity (Wildman–Crippen MR) is 127 cm³/mol. The molecule has 1 aliphatic rings. The lowest BCUT2D eigenvalue weighted by Gasteiger charge is -2.18. The van der Waals surface area contributed by atoms with Gasteiger partial charge in [-0.15, -0.1) is 0 Å². The summed E-state index contributed by atoms with van der Waals surface area (Å²) in [7, 11) is 0. The predicted octanol–water partition coefficient (Wildman–Crippen LogP) is 6.46. The summed E-state index contributed by atoms with van der Waals surface area (Å²) in [6, 6.07) is 13.8. The van der Waals surface area contributed by atoms with Crippen molar-refractivity contribution in [2.24, 2.45) is 5.92 Å². The third-order valence-corrected chi connectivity index (χ3v) is 5.63. The van der Waals surface area contributed by atoms with Crippen LogP contribution >= 0.6 is 0 Å². The van der Waals surface area contributed by atoms with Crippen LogP contribution in [0.3, 0.4) is 0 Å². The maximum atomic E-state index is 13.7. The number of aromatic nitrogens is 1. The zero-order valence-corrected chi connectivity index (χ0v) is 20.0. The number of benzene rings is 2. The van der Waals surface area contributed by atoms with Gasteiger partial charge in [0.2, 0.25) is 5.91 Å². The number of carbonyl (C=O) groups is 1. The van der Waals surface area contributed by atoms with Gasteiger partial charge in [-0.25, -0.2) is 0 Å². The van der Waals surface area contributed by atoms with Crippen LogP contribution in [0.5, 0.6) is 23.0 Å². The zero-order chi connectivity index (χ0) is 25.7. The fourth-order valence-electron chi connectivity index (χ4n) is 3.52. The van der Waals surface area contributed by atoms with E-state index in [4.69, 9.17) is 14.2 Å². The van der Waals surface area contributed by atoms with Gasteiger partial charge in [0, 0.05) is 13.0 Å². The second-order valence-corrected chi connectivity index (χ2v) is 8.78. The Kier molecular flexibility index (Phi) is 7.67. The van der Waals surface area contributed by atoms with Gasteiger partial charge in [0.05, 0.1) is 30.1 Å². The molecule has 0 bridgehead atoms. The molecule has 1 fully saturated rings. The molecule has 1 amide bonds. The topological polar surface area (TPSA) is 69.7 Å². The smallest absolute Gasteiger partial charge is 0.419 e. The number of halogens is 3. The summed E-state index contributed by atoms with van der Waals surface area (Å²) in [6.07, 6.45) is -0.722. The average molecular weight is 501 g/mol. The molecule has 1 atom stereocenters. The van der Waals surface area contributed by atoms with Crippen molar-refractivity contribution in [3.8, 4) is 23.0 Å². The molecule has 1 unspecified atom stereocenters. The third kappa shape index (κ3) is 7.13. The molecule has 3 aromatic rings. The van der Waals surface area contributed by atoms with Crippen molar-refractivity contribution in [1.82, 2.24) is 10.3 Å². The largest absolute Gasteiger partial charge is 0.493 e. The van der Waals surface area contributed by atoms with E-state index in [1.807, 2.05) is 12.1 Å². The number of ether oxygens (including phenoxy) is 3. The Morgan fingerprint density at radius 1 is 1.06 bits per heavy atom. The van der Waals surface area contributed by atoms with Crippen LogP contribution in [0.2, 0.25) is 0 Å². The van der Waals surface area contributed by atoms with E-state index in [-0.39, 0.29) is 18.3 Å². The Balaban J connectivity index is 1.38. The van der Waals surface area contributed by atoms with Gasteiger partial charge < -0.3 is 19.5 Å². The van der Waals surface area contributed by atoms with Crippen LogP contribution in [-0.4, -0.2) is 17.5 Å². The molecule has 1 saturated carbocycles. The van der Waals surface area contributed by atoms with Crippen LogP contribution in [0.1, 0.15) is 49.6 Å². The maximum absolute atomic E-state index is 13.7. The summed E-state index contributed by atoms with van der Waals surface area (Å²) >= 11 is 0. The molecule has 0 radical (unpaired) electrons. The van der Waals surface area contributed by atoms with Gasteiger partial charge in [0.1, 0.15) is 29.6 Å². The number of rotatable bonds is 10. The van der Waals surface area contributed by atoms with Crippen molar-refractivity contribution in [3.05, 3.63) is 77.6 Å². The van der Waals surface area contributed by atoms with E-state index >= 15 is 0 Å². The van der Waals surface area contributed by atoms with Crippen molar-refractivity contribution in [1.29, 1.82) is 0 Å². The van der Waals surface area contributed by atoms with E-state index in [0.29, 0.717) is 35.3 Å². The van der Waals surface area contributed by atoms with Crippen LogP contribution in [0.15, 0.2) is 60.8 Å². The lowest BCUT2D eigenvalue weighted by Crippen LogP contribution is -2.24. The van der Waals surface area contributed by atoms with Crippen LogP contribution in [0, 0.1) is 5.92 Å². The number of carbonyl (C=O) groups excluding carboxylic acids is 1. The summed E-state index contributed by atoms with van der Waals surface area (Å²) in [5, 5.41) is 2.58. The van der Waals surface area contributed by atoms with Gasteiger partial charge in [-0.2, -0.15) is 13.2 Å². The Bertz CT molecular complexity index is 1190. The molecule has 1 heterocycles. The van der Waals surface area contributed by atoms with E-state index in [1.165, 1.54) is 38.1 Å². The Labute approximate surface area is 207 Å². The molecule has 36 heavy (non-hydrogen) atoms. The molecule has 6 nitrogen and oxygen atoms in total. The van der Waals surface area contributed by atoms with Gasteiger partial charge in [0.25, 0.3) is 0 Å².